The summed E-state index contributed by atoms with van der Waals surface area (Å²) in [5, 5.41) is 0. The first-order valence-corrected chi connectivity index (χ1v) is 9.87. The van der Waals surface area contributed by atoms with Gasteiger partial charge < -0.3 is 0 Å². The molecule has 0 spiro atoms. The van der Waals surface area contributed by atoms with Gasteiger partial charge in [-0.05, 0) is 0 Å². The molecule has 5 heteroatoms. The molecule has 153 valence electrons. The third kappa shape index (κ3) is 6.63. The van der Waals surface area contributed by atoms with E-state index in [2.05, 4.69) is 60.6 Å². The van der Waals surface area contributed by atoms with Crippen LogP contribution in [0.15, 0.2) is 47.5 Å². The molecular weight excluding hydrogens is 425 g/mol. The first-order chi connectivity index (χ1) is 12.1. The van der Waals surface area contributed by atoms with E-state index in [1.165, 1.54) is 11.1 Å². The maximum Gasteiger partial charge on any atom is -0.147 e. The fourth-order valence-electron chi connectivity index (χ4n) is 2.93. The Morgan fingerprint density at radius 3 is 1.93 bits per heavy atom. The van der Waals surface area contributed by atoms with Crippen LogP contribution in [0.4, 0.5) is 5.69 Å². The average molecular weight is 457 g/mol. The van der Waals surface area contributed by atoms with Crippen molar-refractivity contribution in [3.05, 3.63) is 59.2 Å². The van der Waals surface area contributed by atoms with E-state index in [1.807, 2.05) is 30.3 Å². The molecule has 28 heavy (non-hydrogen) atoms. The zero-order valence-corrected chi connectivity index (χ0v) is 21.1. The predicted octanol–water partition coefficient (Wildman–Crippen LogP) is 7.50. The Kier molecular flexibility index (Phi) is 10.5. The number of nitrogens with zero attached hydrogens (tertiary/aromatic N) is 1. The zero-order valence-electron chi connectivity index (χ0n) is 17.9. The molecule has 0 bridgehead atoms. The number of benzene rings is 2. The van der Waals surface area contributed by atoms with Crippen LogP contribution in [0.3, 0.4) is 0 Å². The minimum Gasteiger partial charge on any atom is -0.147 e. The van der Waals surface area contributed by atoms with E-state index >= 15 is 0 Å². The van der Waals surface area contributed by atoms with Crippen molar-refractivity contribution in [1.82, 2.24) is 0 Å². The Labute approximate surface area is 195 Å². The molecule has 0 atom stereocenters. The number of para-hydroxylation sites is 1. The molecule has 0 amide bonds. The predicted molar refractivity (Wildman–Crippen MR) is 122 cm³/mol. The molecule has 2 aromatic rings. The van der Waals surface area contributed by atoms with Crippen molar-refractivity contribution >= 4 is 36.2 Å². The topological polar surface area (TPSA) is 21.6 Å². The Balaban J connectivity index is 0.00000364. The molecule has 0 heterocycles. The molecule has 0 aliphatic carbocycles. The van der Waals surface area contributed by atoms with Crippen LogP contribution < -0.4 is 3.32 Å². The summed E-state index contributed by atoms with van der Waals surface area (Å²) >= 11 is 1.76. The summed E-state index contributed by atoms with van der Waals surface area (Å²) in [6.45, 7) is 15.6. The number of halogens is 2. The van der Waals surface area contributed by atoms with Gasteiger partial charge in [0, 0.05) is 0 Å². The zero-order chi connectivity index (χ0) is 19.5. The van der Waals surface area contributed by atoms with E-state index in [9.17, 15) is 0 Å². The normalized spacial score (nSPS) is 12.0. The van der Waals surface area contributed by atoms with Gasteiger partial charge in [0.2, 0.25) is 0 Å². The maximum atomic E-state index is 5.91. The Morgan fingerprint density at radius 2 is 1.50 bits per heavy atom. The summed E-state index contributed by atoms with van der Waals surface area (Å²) in [6.07, 6.45) is 0.850. The van der Waals surface area contributed by atoms with Gasteiger partial charge in [-0.15, -0.1) is 24.8 Å². The van der Waals surface area contributed by atoms with Crippen LogP contribution in [0.2, 0.25) is 0 Å². The van der Waals surface area contributed by atoms with Gasteiger partial charge in [-0.25, -0.2) is 0 Å². The van der Waals surface area contributed by atoms with Crippen molar-refractivity contribution in [1.29, 1.82) is 0 Å². The van der Waals surface area contributed by atoms with Gasteiger partial charge in [-0.3, -0.25) is 0 Å². The van der Waals surface area contributed by atoms with E-state index in [-0.39, 0.29) is 35.6 Å². The van der Waals surface area contributed by atoms with Crippen molar-refractivity contribution in [3.63, 3.8) is 0 Å². The van der Waals surface area contributed by atoms with E-state index < -0.39 is 0 Å². The van der Waals surface area contributed by atoms with E-state index in [0.29, 0.717) is 0 Å². The van der Waals surface area contributed by atoms with Crippen LogP contribution in [0, 0.1) is 0 Å². The summed E-state index contributed by atoms with van der Waals surface area (Å²) in [6, 6.07) is 14.7. The van der Waals surface area contributed by atoms with Crippen LogP contribution in [0.25, 0.3) is 0 Å². The number of hydrogen-bond acceptors (Lipinski definition) is 2. The summed E-state index contributed by atoms with van der Waals surface area (Å²) < 4.78 is 5.91. The molecule has 0 radical (unpaired) electrons. The second kappa shape index (κ2) is 10.8. The van der Waals surface area contributed by atoms with Crippen LogP contribution in [-0.2, 0) is 31.7 Å². The monoisotopic (exact) mass is 456 g/mol. The Morgan fingerprint density at radius 1 is 0.929 bits per heavy atom. The fourth-order valence-corrected chi connectivity index (χ4v) is 3.27. The molecule has 2 nitrogen and oxygen atoms in total. The SMILES string of the molecule is CCC(=Nc1ccccc1)c1cc(C(C)(C)C)cc(C(C)(C)C)c1[O][Ti].Cl.Cl. The quantitative estimate of drug-likeness (QED) is 0.344. The third-order valence-electron chi connectivity index (χ3n) is 4.53. The molecule has 0 saturated carbocycles. The Bertz CT molecular complexity index is 791. The van der Waals surface area contributed by atoms with Crippen LogP contribution >= 0.6 is 24.8 Å². The third-order valence-corrected chi connectivity index (χ3v) is 4.85. The summed E-state index contributed by atoms with van der Waals surface area (Å²) in [5.74, 6) is 0.946. The van der Waals surface area contributed by atoms with Gasteiger partial charge in [0.1, 0.15) is 0 Å². The van der Waals surface area contributed by atoms with Gasteiger partial charge in [-0.2, -0.15) is 0 Å². The first-order valence-electron chi connectivity index (χ1n) is 9.23. The number of rotatable bonds is 4. The molecule has 0 aromatic heterocycles. The average Bonchev–Trinajstić information content (AvgIpc) is 2.57. The fraction of sp³-hybridized carbons (Fsp3) is 0.435. The number of aliphatic imine (C=N–C) groups is 1. The smallest absolute Gasteiger partial charge is 0.147 e. The van der Waals surface area contributed by atoms with Crippen molar-refractivity contribution in [2.24, 2.45) is 4.99 Å². The summed E-state index contributed by atoms with van der Waals surface area (Å²) in [4.78, 5) is 4.94. The minimum absolute atomic E-state index is 0. The maximum absolute atomic E-state index is 5.91. The van der Waals surface area contributed by atoms with Gasteiger partial charge >= 0.3 is 171 Å². The van der Waals surface area contributed by atoms with E-state index in [0.717, 1.165) is 29.1 Å². The van der Waals surface area contributed by atoms with Crippen LogP contribution in [-0.4, -0.2) is 5.71 Å². The molecule has 0 unspecified atom stereocenters. The molecule has 0 aliphatic heterocycles. The first kappa shape index (κ1) is 27.2. The molecule has 2 rings (SSSR count). The van der Waals surface area contributed by atoms with Gasteiger partial charge in [0.25, 0.3) is 0 Å². The van der Waals surface area contributed by atoms with E-state index in [1.54, 1.807) is 20.8 Å². The molecule has 2 aromatic carbocycles. The van der Waals surface area contributed by atoms with Crippen molar-refractivity contribution < 1.29 is 24.1 Å². The second-order valence-corrected chi connectivity index (χ2v) is 9.07. The minimum atomic E-state index is -0.00699. The largest absolute Gasteiger partial charge is 0.147 e. The molecular formula is C23H32Cl2NOTi. The van der Waals surface area contributed by atoms with Crippen molar-refractivity contribution in [2.45, 2.75) is 65.7 Å². The van der Waals surface area contributed by atoms with E-state index in [4.69, 9.17) is 8.31 Å². The molecule has 0 fully saturated rings. The molecule has 0 aliphatic rings. The van der Waals surface area contributed by atoms with Gasteiger partial charge in [-0.1, -0.05) is 0 Å². The van der Waals surface area contributed by atoms with Crippen LogP contribution in [0.5, 0.6) is 5.75 Å². The number of hydrogen-bond donors (Lipinski definition) is 0. The van der Waals surface area contributed by atoms with Gasteiger partial charge in [0.05, 0.1) is 0 Å². The standard InChI is InChI=1S/C23H31NO.2ClH.Ti/c1-8-20(24-17-12-10-9-11-13-17)18-14-16(22(2,3)4)15-19(21(18)25)23(5,6)7;;;/h9-15,25H,8H2,1-7H3;2*1H;/q;;;+1/p-1. The van der Waals surface area contributed by atoms with Gasteiger partial charge in [0.15, 0.2) is 0 Å². The molecule has 0 saturated heterocycles. The molecule has 0 N–H and O–H groups in total. The Hall–Kier alpha value is -0.796. The summed E-state index contributed by atoms with van der Waals surface area (Å²) in [5.41, 5.74) is 5.74. The van der Waals surface area contributed by atoms with Crippen molar-refractivity contribution in [2.75, 3.05) is 0 Å². The summed E-state index contributed by atoms with van der Waals surface area (Å²) in [7, 11) is 0. The second-order valence-electron chi connectivity index (χ2n) is 8.75. The van der Waals surface area contributed by atoms with Crippen molar-refractivity contribution in [3.8, 4) is 5.75 Å². The van der Waals surface area contributed by atoms with Crippen LogP contribution in [0.1, 0.15) is 71.6 Å².